The van der Waals surface area contributed by atoms with Crippen LogP contribution in [0.1, 0.15) is 16.7 Å². The number of halogens is 3. The highest BCUT2D eigenvalue weighted by molar-refractivity contribution is 6.40. The summed E-state index contributed by atoms with van der Waals surface area (Å²) >= 11 is 19.1. The highest BCUT2D eigenvalue weighted by atomic mass is 35.5. The first kappa shape index (κ1) is 25.8. The Kier molecular flexibility index (Phi) is 7.13. The van der Waals surface area contributed by atoms with E-state index in [4.69, 9.17) is 39.5 Å². The van der Waals surface area contributed by atoms with Gasteiger partial charge in [0, 0.05) is 5.02 Å². The number of aryl methyl sites for hydroxylation is 1. The van der Waals surface area contributed by atoms with E-state index < -0.39 is 17.8 Å². The van der Waals surface area contributed by atoms with E-state index in [1.54, 1.807) is 19.1 Å². The number of amides is 4. The van der Waals surface area contributed by atoms with Gasteiger partial charge in [-0.3, -0.25) is 14.9 Å². The molecule has 1 aliphatic rings. The normalized spacial score (nSPS) is 14.8. The number of hydrogen-bond donors (Lipinski definition) is 1. The molecule has 4 aromatic carbocycles. The highest BCUT2D eigenvalue weighted by Gasteiger charge is 2.37. The smallest absolute Gasteiger partial charge is 0.335 e. The van der Waals surface area contributed by atoms with Crippen LogP contribution in [-0.4, -0.2) is 17.8 Å². The van der Waals surface area contributed by atoms with Crippen LogP contribution in [0.25, 0.3) is 16.8 Å². The van der Waals surface area contributed by atoms with Gasteiger partial charge in [-0.25, -0.2) is 9.69 Å². The van der Waals surface area contributed by atoms with Gasteiger partial charge in [-0.05, 0) is 64.7 Å². The van der Waals surface area contributed by atoms with Gasteiger partial charge in [0.1, 0.15) is 12.2 Å². The Hall–Kier alpha value is -3.84. The number of anilines is 1. The van der Waals surface area contributed by atoms with Crippen LogP contribution in [0.5, 0.6) is 5.75 Å². The average Bonchev–Trinajstić information content (AvgIpc) is 2.88. The lowest BCUT2D eigenvalue weighted by Gasteiger charge is -2.26. The molecule has 4 aromatic rings. The zero-order valence-electron chi connectivity index (χ0n) is 19.9. The van der Waals surface area contributed by atoms with Crippen molar-refractivity contribution in [2.45, 2.75) is 13.5 Å². The topological polar surface area (TPSA) is 75.7 Å². The maximum absolute atomic E-state index is 13.2. The first-order valence-electron chi connectivity index (χ1n) is 11.5. The van der Waals surface area contributed by atoms with Gasteiger partial charge in [0.2, 0.25) is 0 Å². The van der Waals surface area contributed by atoms with Gasteiger partial charge in [0.15, 0.2) is 5.75 Å². The Balaban J connectivity index is 1.42. The summed E-state index contributed by atoms with van der Waals surface area (Å²) in [5.41, 5.74) is 2.09. The predicted molar refractivity (Wildman–Crippen MR) is 150 cm³/mol. The van der Waals surface area contributed by atoms with Gasteiger partial charge in [-0.1, -0.05) is 83.3 Å². The largest absolute Gasteiger partial charge is 0.486 e. The number of rotatable bonds is 5. The second-order valence-corrected chi connectivity index (χ2v) is 9.85. The number of fused-ring (bicyclic) bond motifs is 1. The number of nitrogens with one attached hydrogen (secondary N) is 1. The van der Waals surface area contributed by atoms with Crippen molar-refractivity contribution < 1.29 is 19.1 Å². The number of imide groups is 2. The van der Waals surface area contributed by atoms with E-state index in [-0.39, 0.29) is 33.7 Å². The zero-order chi connectivity index (χ0) is 27.0. The molecule has 1 heterocycles. The van der Waals surface area contributed by atoms with E-state index in [9.17, 15) is 14.4 Å². The van der Waals surface area contributed by atoms with Gasteiger partial charge >= 0.3 is 6.03 Å². The number of barbiturate groups is 1. The molecule has 1 N–H and O–H groups in total. The summed E-state index contributed by atoms with van der Waals surface area (Å²) in [6.45, 7) is 2.03. The molecular formula is C29H19Cl3N2O4. The minimum absolute atomic E-state index is 0.200. The van der Waals surface area contributed by atoms with Crippen LogP contribution in [0.2, 0.25) is 15.1 Å². The number of carbonyl (C=O) groups excluding carboxylic acids is 3. The monoisotopic (exact) mass is 564 g/mol. The Bertz CT molecular complexity index is 1640. The lowest BCUT2D eigenvalue weighted by atomic mass is 10.1. The Morgan fingerprint density at radius 2 is 1.58 bits per heavy atom. The summed E-state index contributed by atoms with van der Waals surface area (Å²) in [6.07, 6.45) is 1.32. The molecule has 1 saturated heterocycles. The summed E-state index contributed by atoms with van der Waals surface area (Å²) in [6, 6.07) is 20.8. The molecule has 0 radical (unpaired) electrons. The van der Waals surface area contributed by atoms with Gasteiger partial charge in [0.05, 0.1) is 15.7 Å². The number of urea groups is 1. The van der Waals surface area contributed by atoms with Crippen LogP contribution >= 0.6 is 34.8 Å². The van der Waals surface area contributed by atoms with E-state index in [1.807, 2.05) is 42.5 Å². The van der Waals surface area contributed by atoms with Crippen molar-refractivity contribution in [2.24, 2.45) is 0 Å². The van der Waals surface area contributed by atoms with Crippen LogP contribution < -0.4 is 15.0 Å². The fourth-order valence-corrected chi connectivity index (χ4v) is 4.94. The molecule has 1 aliphatic heterocycles. The molecule has 6 nitrogen and oxygen atoms in total. The van der Waals surface area contributed by atoms with Crippen molar-refractivity contribution in [3.8, 4) is 5.75 Å². The van der Waals surface area contributed by atoms with E-state index in [2.05, 4.69) is 5.32 Å². The third-order valence-corrected chi connectivity index (χ3v) is 7.07. The number of ether oxygens (including phenoxy) is 1. The molecule has 9 heteroatoms. The standard InChI is InChI=1S/C29H19Cl3N2O4/c1-16-9-10-20(14-23(16)30)34-28(36)22(27(35)33-29(34)37)11-17-12-24(31)26(25(32)13-17)38-15-19-7-4-6-18-5-2-3-8-21(18)19/h2-14H,15H2,1H3,(H,33,35,37)/b22-11-. The number of benzene rings is 4. The molecule has 5 rings (SSSR count). The van der Waals surface area contributed by atoms with Gasteiger partial charge < -0.3 is 4.74 Å². The summed E-state index contributed by atoms with van der Waals surface area (Å²) in [4.78, 5) is 39.1. The second-order valence-electron chi connectivity index (χ2n) is 8.63. The lowest BCUT2D eigenvalue weighted by molar-refractivity contribution is -0.122. The SMILES string of the molecule is Cc1ccc(N2C(=O)NC(=O)/C(=C/c3cc(Cl)c(OCc4cccc5ccccc45)c(Cl)c3)C2=O)cc1Cl. The maximum atomic E-state index is 13.2. The van der Waals surface area contributed by atoms with Crippen molar-refractivity contribution in [3.63, 3.8) is 0 Å². The van der Waals surface area contributed by atoms with E-state index in [0.29, 0.717) is 10.6 Å². The molecular weight excluding hydrogens is 547 g/mol. The van der Waals surface area contributed by atoms with Crippen molar-refractivity contribution >= 4 is 75.2 Å². The molecule has 0 unspecified atom stereocenters. The van der Waals surface area contributed by atoms with Gasteiger partial charge in [-0.15, -0.1) is 0 Å². The van der Waals surface area contributed by atoms with Gasteiger partial charge in [-0.2, -0.15) is 0 Å². The molecule has 4 amide bonds. The summed E-state index contributed by atoms with van der Waals surface area (Å²) in [5, 5.41) is 5.10. The van der Waals surface area contributed by atoms with Crippen molar-refractivity contribution in [1.29, 1.82) is 0 Å². The van der Waals surface area contributed by atoms with Crippen LogP contribution in [0.15, 0.2) is 78.4 Å². The number of carbonyl (C=O) groups is 3. The molecule has 190 valence electrons. The predicted octanol–water partition coefficient (Wildman–Crippen LogP) is 7.35. The summed E-state index contributed by atoms with van der Waals surface area (Å²) in [7, 11) is 0. The average molecular weight is 566 g/mol. The van der Waals surface area contributed by atoms with Crippen molar-refractivity contribution in [1.82, 2.24) is 5.32 Å². The number of hydrogen-bond acceptors (Lipinski definition) is 4. The zero-order valence-corrected chi connectivity index (χ0v) is 22.2. The van der Waals surface area contributed by atoms with E-state index in [0.717, 1.165) is 26.8 Å². The van der Waals surface area contributed by atoms with Gasteiger partial charge in [0.25, 0.3) is 11.8 Å². The Morgan fingerprint density at radius 3 is 2.32 bits per heavy atom. The fourth-order valence-electron chi connectivity index (χ4n) is 4.15. The Labute approximate surface area is 233 Å². The van der Waals surface area contributed by atoms with Crippen LogP contribution in [0.3, 0.4) is 0 Å². The quantitative estimate of drug-likeness (QED) is 0.203. The first-order valence-corrected chi connectivity index (χ1v) is 12.6. The third-order valence-electron chi connectivity index (χ3n) is 6.10. The van der Waals surface area contributed by atoms with Crippen molar-refractivity contribution in [2.75, 3.05) is 4.90 Å². The maximum Gasteiger partial charge on any atom is 0.335 e. The number of nitrogens with zero attached hydrogens (tertiary/aromatic N) is 1. The highest BCUT2D eigenvalue weighted by Crippen LogP contribution is 2.36. The van der Waals surface area contributed by atoms with Crippen LogP contribution in [0.4, 0.5) is 10.5 Å². The van der Waals surface area contributed by atoms with Crippen LogP contribution in [0, 0.1) is 6.92 Å². The second kappa shape index (κ2) is 10.5. The molecule has 0 aromatic heterocycles. The van der Waals surface area contributed by atoms with Crippen LogP contribution in [-0.2, 0) is 16.2 Å². The first-order chi connectivity index (χ1) is 18.2. The molecule has 38 heavy (non-hydrogen) atoms. The molecule has 0 bridgehead atoms. The third kappa shape index (κ3) is 4.98. The fraction of sp³-hybridized carbons (Fsp3) is 0.0690. The summed E-state index contributed by atoms with van der Waals surface area (Å²) < 4.78 is 5.96. The Morgan fingerprint density at radius 1 is 0.868 bits per heavy atom. The van der Waals surface area contributed by atoms with Crippen molar-refractivity contribution in [3.05, 3.63) is 110 Å². The molecule has 0 aliphatic carbocycles. The molecule has 1 fully saturated rings. The molecule has 0 saturated carbocycles. The minimum atomic E-state index is -0.870. The molecule has 0 atom stereocenters. The van der Waals surface area contributed by atoms with E-state index >= 15 is 0 Å². The lowest BCUT2D eigenvalue weighted by Crippen LogP contribution is -2.54. The summed E-state index contributed by atoms with van der Waals surface area (Å²) in [5.74, 6) is -1.37. The molecule has 0 spiro atoms. The minimum Gasteiger partial charge on any atom is -0.486 e. The van der Waals surface area contributed by atoms with E-state index in [1.165, 1.54) is 24.3 Å².